The van der Waals surface area contributed by atoms with Gasteiger partial charge >= 0.3 is 11.7 Å². The highest BCUT2D eigenvalue weighted by Gasteiger charge is 2.23. The van der Waals surface area contributed by atoms with Crippen LogP contribution in [0.25, 0.3) is 0 Å². The van der Waals surface area contributed by atoms with Crippen LogP contribution in [0, 0.1) is 27.6 Å². The Kier molecular flexibility index (Phi) is 5.07. The molecule has 1 aromatic rings. The van der Waals surface area contributed by atoms with Crippen LogP contribution in [0.2, 0.25) is 0 Å². The molecule has 0 aliphatic carbocycles. The average molecular weight is 290 g/mol. The molecule has 0 spiro atoms. The summed E-state index contributed by atoms with van der Waals surface area (Å²) in [5.74, 6) is -5.94. The Bertz CT molecular complexity index is 575. The van der Waals surface area contributed by atoms with Crippen molar-refractivity contribution in [3.8, 4) is 0 Å². The third-order valence-corrected chi connectivity index (χ3v) is 2.08. The molecule has 0 heterocycles. The van der Waals surface area contributed by atoms with E-state index in [1.807, 2.05) is 5.32 Å². The lowest BCUT2D eigenvalue weighted by Crippen LogP contribution is -2.16. The zero-order valence-electron chi connectivity index (χ0n) is 10.2. The molecule has 0 amide bonds. The van der Waals surface area contributed by atoms with Crippen molar-refractivity contribution in [2.24, 2.45) is 0 Å². The number of ether oxygens (including phenoxy) is 1. The van der Waals surface area contributed by atoms with Crippen LogP contribution in [0.15, 0.2) is 24.0 Å². The number of nitrogens with zero attached hydrogens (tertiary/aromatic N) is 1. The lowest BCUT2D eigenvalue weighted by Gasteiger charge is -2.04. The molecule has 1 rings (SSSR count). The molecule has 0 saturated heterocycles. The third-order valence-electron chi connectivity index (χ3n) is 2.08. The van der Waals surface area contributed by atoms with Crippen LogP contribution in [0.3, 0.4) is 0 Å². The average Bonchev–Trinajstić information content (AvgIpc) is 2.38. The van der Waals surface area contributed by atoms with Crippen molar-refractivity contribution in [1.82, 2.24) is 0 Å². The summed E-state index contributed by atoms with van der Waals surface area (Å²) in [5.41, 5.74) is -1.57. The number of nitrogens with one attached hydrogen (secondary N) is 1. The number of halogens is 3. The van der Waals surface area contributed by atoms with E-state index in [0.29, 0.717) is 12.3 Å². The van der Waals surface area contributed by atoms with Crippen LogP contribution in [-0.2, 0) is 9.53 Å². The number of rotatable bonds is 5. The molecule has 0 fully saturated rings. The predicted octanol–water partition coefficient (Wildman–Crippen LogP) is 2.20. The lowest BCUT2D eigenvalue weighted by atomic mass is 10.3. The zero-order chi connectivity index (χ0) is 15.3. The normalized spacial score (nSPS) is 11.1. The minimum atomic E-state index is -1.73. The van der Waals surface area contributed by atoms with Gasteiger partial charge in [-0.15, -0.1) is 0 Å². The van der Waals surface area contributed by atoms with Gasteiger partial charge in [0, 0.05) is 0 Å². The predicted molar refractivity (Wildman–Crippen MR) is 61.6 cm³/mol. The van der Waals surface area contributed by atoms with E-state index in [-0.39, 0.29) is 6.61 Å². The molecule has 0 bridgehead atoms. The molecule has 0 radical (unpaired) electrons. The summed E-state index contributed by atoms with van der Waals surface area (Å²) < 4.78 is 43.3. The topological polar surface area (TPSA) is 81.5 Å². The first-order valence-corrected chi connectivity index (χ1v) is 5.30. The molecule has 0 atom stereocenters. The molecule has 9 heteroatoms. The van der Waals surface area contributed by atoms with Crippen LogP contribution < -0.4 is 5.32 Å². The van der Waals surface area contributed by atoms with Crippen LogP contribution >= 0.6 is 0 Å². The zero-order valence-corrected chi connectivity index (χ0v) is 10.2. The van der Waals surface area contributed by atoms with Gasteiger partial charge in [0.2, 0.25) is 0 Å². The van der Waals surface area contributed by atoms with Gasteiger partial charge in [0.1, 0.15) is 0 Å². The number of esters is 1. The van der Waals surface area contributed by atoms with Gasteiger partial charge in [0.05, 0.1) is 23.4 Å². The number of hydrogen-bond acceptors (Lipinski definition) is 5. The second-order valence-electron chi connectivity index (χ2n) is 3.37. The molecule has 20 heavy (non-hydrogen) atoms. The summed E-state index contributed by atoms with van der Waals surface area (Å²) in [6.07, 6.45) is 0.535. The van der Waals surface area contributed by atoms with Gasteiger partial charge in [-0.1, -0.05) is 0 Å². The Labute approximate surface area is 111 Å². The highest BCUT2D eigenvalue weighted by Crippen LogP contribution is 2.19. The van der Waals surface area contributed by atoms with Crippen LogP contribution in [0.4, 0.5) is 18.9 Å². The first kappa shape index (κ1) is 15.5. The number of carbonyl (C=O) groups is 1. The largest absolute Gasteiger partial charge is 0.458 e. The summed E-state index contributed by atoms with van der Waals surface area (Å²) in [7, 11) is 0. The summed E-state index contributed by atoms with van der Waals surface area (Å²) >= 11 is 0. The van der Waals surface area contributed by atoms with Gasteiger partial charge in [0.15, 0.2) is 17.5 Å². The second-order valence-corrected chi connectivity index (χ2v) is 3.37. The Hall–Kier alpha value is -2.58. The van der Waals surface area contributed by atoms with Crippen molar-refractivity contribution < 1.29 is 27.6 Å². The maximum Gasteiger partial charge on any atom is 0.411 e. The standard InChI is InChI=1S/C11H9F3N2O4/c1-2-20-11(17)8(16(18)19)5-15-7-4-3-6(12)9(13)10(7)14/h3-5,15H,2H2,1H3/b8-5-. The van der Waals surface area contributed by atoms with E-state index in [0.717, 1.165) is 6.07 Å². The minimum Gasteiger partial charge on any atom is -0.458 e. The van der Waals surface area contributed by atoms with Crippen molar-refractivity contribution in [3.63, 3.8) is 0 Å². The van der Waals surface area contributed by atoms with Crippen LogP contribution in [-0.4, -0.2) is 17.5 Å². The first-order chi connectivity index (χ1) is 9.38. The van der Waals surface area contributed by atoms with Gasteiger partial charge in [0.25, 0.3) is 0 Å². The van der Waals surface area contributed by atoms with Gasteiger partial charge in [-0.25, -0.2) is 18.0 Å². The van der Waals surface area contributed by atoms with Gasteiger partial charge in [-0.05, 0) is 19.1 Å². The lowest BCUT2D eigenvalue weighted by molar-refractivity contribution is -0.421. The van der Waals surface area contributed by atoms with E-state index in [2.05, 4.69) is 4.74 Å². The quantitative estimate of drug-likeness (QED) is 0.295. The fourth-order valence-corrected chi connectivity index (χ4v) is 1.17. The molecule has 108 valence electrons. The van der Waals surface area contributed by atoms with Crippen LogP contribution in [0.5, 0.6) is 0 Å². The Balaban J connectivity index is 3.02. The Morgan fingerprint density at radius 1 is 1.40 bits per heavy atom. The van der Waals surface area contributed by atoms with E-state index in [9.17, 15) is 28.1 Å². The van der Waals surface area contributed by atoms with Crippen molar-refractivity contribution in [1.29, 1.82) is 0 Å². The van der Waals surface area contributed by atoms with E-state index >= 15 is 0 Å². The SMILES string of the molecule is CCOC(=O)/C(=C/Nc1ccc(F)c(F)c1F)[N+](=O)[O-]. The van der Waals surface area contributed by atoms with E-state index in [1.54, 1.807) is 0 Å². The van der Waals surface area contributed by atoms with E-state index in [4.69, 9.17) is 0 Å². The molecular weight excluding hydrogens is 281 g/mol. The summed E-state index contributed by atoms with van der Waals surface area (Å²) in [6, 6.07) is 1.46. The van der Waals surface area contributed by atoms with Crippen molar-refractivity contribution in [2.75, 3.05) is 11.9 Å². The second kappa shape index (κ2) is 6.55. The Morgan fingerprint density at radius 2 is 2.05 bits per heavy atom. The molecule has 0 unspecified atom stereocenters. The van der Waals surface area contributed by atoms with Gasteiger partial charge in [-0.3, -0.25) is 10.1 Å². The molecule has 0 aromatic heterocycles. The molecule has 0 aliphatic rings. The molecule has 1 N–H and O–H groups in total. The summed E-state index contributed by atoms with van der Waals surface area (Å²) in [5, 5.41) is 12.6. The van der Waals surface area contributed by atoms with Crippen molar-refractivity contribution >= 4 is 11.7 Å². The number of nitro groups is 1. The highest BCUT2D eigenvalue weighted by molar-refractivity contribution is 5.86. The molecule has 1 aromatic carbocycles. The number of benzene rings is 1. The summed E-state index contributed by atoms with van der Waals surface area (Å²) in [4.78, 5) is 20.8. The van der Waals surface area contributed by atoms with Gasteiger partial charge < -0.3 is 10.1 Å². The fraction of sp³-hybridized carbons (Fsp3) is 0.182. The molecule has 0 saturated carbocycles. The monoisotopic (exact) mass is 290 g/mol. The minimum absolute atomic E-state index is 0.0937. The maximum absolute atomic E-state index is 13.3. The number of hydrogen-bond donors (Lipinski definition) is 1. The van der Waals surface area contributed by atoms with Crippen molar-refractivity contribution in [3.05, 3.63) is 51.6 Å². The fourth-order valence-electron chi connectivity index (χ4n) is 1.17. The van der Waals surface area contributed by atoms with Gasteiger partial charge in [-0.2, -0.15) is 0 Å². The van der Waals surface area contributed by atoms with Crippen molar-refractivity contribution in [2.45, 2.75) is 6.92 Å². The number of anilines is 1. The van der Waals surface area contributed by atoms with Crippen LogP contribution in [0.1, 0.15) is 6.92 Å². The smallest absolute Gasteiger partial charge is 0.411 e. The first-order valence-electron chi connectivity index (χ1n) is 5.30. The molecule has 0 aliphatic heterocycles. The Morgan fingerprint density at radius 3 is 2.60 bits per heavy atom. The summed E-state index contributed by atoms with van der Waals surface area (Å²) in [6.45, 7) is 1.35. The highest BCUT2D eigenvalue weighted by atomic mass is 19.2. The molecule has 6 nitrogen and oxygen atoms in total. The van der Waals surface area contributed by atoms with E-state index in [1.165, 1.54) is 6.92 Å². The molecular formula is C11H9F3N2O4. The number of carbonyl (C=O) groups excluding carboxylic acids is 1. The third kappa shape index (κ3) is 3.46. The van der Waals surface area contributed by atoms with E-state index < -0.39 is 39.7 Å². The maximum atomic E-state index is 13.3.